The lowest BCUT2D eigenvalue weighted by molar-refractivity contribution is 0.0511. The molecule has 1 rings (SSSR count). The SMILES string of the molecule is CN(Cc1cccc(Cl)c1)C(CN)CNC(=O)OC(C)(C)C. The number of hydrogen-bond donors (Lipinski definition) is 2. The number of amides is 1. The molecule has 1 unspecified atom stereocenters. The topological polar surface area (TPSA) is 67.6 Å². The predicted octanol–water partition coefficient (Wildman–Crippen LogP) is 2.62. The largest absolute Gasteiger partial charge is 0.444 e. The van der Waals surface area contributed by atoms with Crippen molar-refractivity contribution in [3.8, 4) is 0 Å². The minimum Gasteiger partial charge on any atom is -0.444 e. The van der Waals surface area contributed by atoms with Crippen molar-refractivity contribution in [1.29, 1.82) is 0 Å². The molecule has 0 aliphatic carbocycles. The van der Waals surface area contributed by atoms with Crippen LogP contribution in [-0.4, -0.2) is 42.8 Å². The van der Waals surface area contributed by atoms with E-state index in [0.29, 0.717) is 24.7 Å². The van der Waals surface area contributed by atoms with E-state index in [0.717, 1.165) is 5.56 Å². The normalized spacial score (nSPS) is 13.0. The summed E-state index contributed by atoms with van der Waals surface area (Å²) in [5, 5.41) is 3.47. The number of carbonyl (C=O) groups is 1. The van der Waals surface area contributed by atoms with Crippen molar-refractivity contribution < 1.29 is 9.53 Å². The molecule has 0 saturated carbocycles. The van der Waals surface area contributed by atoms with Gasteiger partial charge in [-0.2, -0.15) is 0 Å². The summed E-state index contributed by atoms with van der Waals surface area (Å²) in [6.07, 6.45) is -0.429. The van der Waals surface area contributed by atoms with Gasteiger partial charge in [-0.3, -0.25) is 4.90 Å². The maximum absolute atomic E-state index is 11.7. The van der Waals surface area contributed by atoms with Crippen LogP contribution in [0.25, 0.3) is 0 Å². The van der Waals surface area contributed by atoms with Gasteiger partial charge in [0.2, 0.25) is 0 Å². The molecule has 0 radical (unpaired) electrons. The molecular formula is C16H26ClN3O2. The van der Waals surface area contributed by atoms with Crippen LogP contribution in [0.2, 0.25) is 5.02 Å². The Kier molecular flexibility index (Phi) is 7.13. The Balaban J connectivity index is 2.51. The number of likely N-dealkylation sites (N-methyl/N-ethyl adjacent to an activating group) is 1. The Bertz CT molecular complexity index is 489. The van der Waals surface area contributed by atoms with Gasteiger partial charge in [0.05, 0.1) is 0 Å². The van der Waals surface area contributed by atoms with E-state index >= 15 is 0 Å². The summed E-state index contributed by atoms with van der Waals surface area (Å²) in [6, 6.07) is 7.72. The number of halogens is 1. The molecule has 124 valence electrons. The number of nitrogens with two attached hydrogens (primary N) is 1. The lowest BCUT2D eigenvalue weighted by Gasteiger charge is -2.28. The van der Waals surface area contributed by atoms with Gasteiger partial charge in [-0.25, -0.2) is 4.79 Å². The second kappa shape index (κ2) is 8.36. The summed E-state index contributed by atoms with van der Waals surface area (Å²) in [7, 11) is 1.97. The molecule has 1 amide bonds. The van der Waals surface area contributed by atoms with E-state index in [4.69, 9.17) is 22.1 Å². The number of alkyl carbamates (subject to hydrolysis) is 1. The van der Waals surface area contributed by atoms with E-state index in [1.807, 2.05) is 52.1 Å². The highest BCUT2D eigenvalue weighted by molar-refractivity contribution is 6.30. The monoisotopic (exact) mass is 327 g/mol. The molecule has 0 spiro atoms. The minimum atomic E-state index is -0.505. The van der Waals surface area contributed by atoms with E-state index in [1.165, 1.54) is 0 Å². The lowest BCUT2D eigenvalue weighted by atomic mass is 10.2. The summed E-state index contributed by atoms with van der Waals surface area (Å²) in [5.41, 5.74) is 6.41. The number of carbonyl (C=O) groups excluding carboxylic acids is 1. The molecule has 0 heterocycles. The molecule has 1 aromatic rings. The summed E-state index contributed by atoms with van der Waals surface area (Å²) < 4.78 is 5.22. The van der Waals surface area contributed by atoms with Gasteiger partial charge in [0, 0.05) is 30.7 Å². The highest BCUT2D eigenvalue weighted by Gasteiger charge is 2.19. The molecule has 3 N–H and O–H groups in total. The van der Waals surface area contributed by atoms with Crippen LogP contribution in [0.1, 0.15) is 26.3 Å². The molecule has 0 fully saturated rings. The minimum absolute atomic E-state index is 0.0199. The molecule has 0 aromatic heterocycles. The van der Waals surface area contributed by atoms with E-state index in [1.54, 1.807) is 0 Å². The quantitative estimate of drug-likeness (QED) is 0.843. The molecule has 0 saturated heterocycles. The Morgan fingerprint density at radius 1 is 1.45 bits per heavy atom. The summed E-state index contributed by atoms with van der Waals surface area (Å²) in [5.74, 6) is 0. The maximum atomic E-state index is 11.7. The van der Waals surface area contributed by atoms with Gasteiger partial charge in [-0.15, -0.1) is 0 Å². The average molecular weight is 328 g/mol. The standard InChI is InChI=1S/C16H26ClN3O2/c1-16(2,3)22-15(21)19-10-14(9-18)20(4)11-12-6-5-7-13(17)8-12/h5-8,14H,9-11,18H2,1-4H3,(H,19,21). The first kappa shape index (κ1) is 18.7. The second-order valence-corrected chi connectivity index (χ2v) is 6.75. The fourth-order valence-electron chi connectivity index (χ4n) is 1.99. The average Bonchev–Trinajstić information content (AvgIpc) is 2.37. The highest BCUT2D eigenvalue weighted by atomic mass is 35.5. The number of nitrogens with zero attached hydrogens (tertiary/aromatic N) is 1. The Morgan fingerprint density at radius 3 is 2.68 bits per heavy atom. The van der Waals surface area contributed by atoms with Crippen molar-refractivity contribution >= 4 is 17.7 Å². The second-order valence-electron chi connectivity index (χ2n) is 6.32. The van der Waals surface area contributed by atoms with Crippen LogP contribution < -0.4 is 11.1 Å². The van der Waals surface area contributed by atoms with Crippen molar-refractivity contribution in [1.82, 2.24) is 10.2 Å². The molecule has 0 aliphatic heterocycles. The van der Waals surface area contributed by atoms with E-state index < -0.39 is 11.7 Å². The van der Waals surface area contributed by atoms with Crippen molar-refractivity contribution in [2.45, 2.75) is 39.0 Å². The smallest absolute Gasteiger partial charge is 0.407 e. The third-order valence-electron chi connectivity index (χ3n) is 3.10. The van der Waals surface area contributed by atoms with Crippen LogP contribution in [0.4, 0.5) is 4.79 Å². The molecule has 1 atom stereocenters. The third kappa shape index (κ3) is 7.11. The van der Waals surface area contributed by atoms with Crippen LogP contribution in [0.3, 0.4) is 0 Å². The van der Waals surface area contributed by atoms with Gasteiger partial charge in [-0.1, -0.05) is 23.7 Å². The first-order valence-electron chi connectivity index (χ1n) is 7.33. The fraction of sp³-hybridized carbons (Fsp3) is 0.562. The summed E-state index contributed by atoms with van der Waals surface area (Å²) >= 11 is 5.99. The Labute approximate surface area is 137 Å². The van der Waals surface area contributed by atoms with Crippen LogP contribution in [0, 0.1) is 0 Å². The number of hydrogen-bond acceptors (Lipinski definition) is 4. The fourth-order valence-corrected chi connectivity index (χ4v) is 2.20. The van der Waals surface area contributed by atoms with Gasteiger partial charge in [0.25, 0.3) is 0 Å². The lowest BCUT2D eigenvalue weighted by Crippen LogP contribution is -2.47. The van der Waals surface area contributed by atoms with Crippen molar-refractivity contribution in [2.24, 2.45) is 5.73 Å². The predicted molar refractivity (Wildman–Crippen MR) is 90.0 cm³/mol. The molecule has 22 heavy (non-hydrogen) atoms. The Morgan fingerprint density at radius 2 is 2.14 bits per heavy atom. The van der Waals surface area contributed by atoms with Crippen LogP contribution in [-0.2, 0) is 11.3 Å². The highest BCUT2D eigenvalue weighted by Crippen LogP contribution is 2.13. The molecule has 0 aliphatic rings. The zero-order valence-corrected chi connectivity index (χ0v) is 14.5. The van der Waals surface area contributed by atoms with Crippen molar-refractivity contribution in [3.63, 3.8) is 0 Å². The van der Waals surface area contributed by atoms with Gasteiger partial charge in [-0.05, 0) is 45.5 Å². The first-order chi connectivity index (χ1) is 10.2. The maximum Gasteiger partial charge on any atom is 0.407 e. The number of nitrogens with one attached hydrogen (secondary N) is 1. The van der Waals surface area contributed by atoms with E-state index in [9.17, 15) is 4.79 Å². The molecule has 1 aromatic carbocycles. The number of rotatable bonds is 6. The molecule has 0 bridgehead atoms. The van der Waals surface area contributed by atoms with Gasteiger partial charge < -0.3 is 15.8 Å². The van der Waals surface area contributed by atoms with Crippen molar-refractivity contribution in [3.05, 3.63) is 34.9 Å². The molecular weight excluding hydrogens is 302 g/mol. The van der Waals surface area contributed by atoms with E-state index in [-0.39, 0.29) is 6.04 Å². The van der Waals surface area contributed by atoms with E-state index in [2.05, 4.69) is 10.2 Å². The van der Waals surface area contributed by atoms with Crippen LogP contribution >= 0.6 is 11.6 Å². The first-order valence-corrected chi connectivity index (χ1v) is 7.70. The number of benzene rings is 1. The third-order valence-corrected chi connectivity index (χ3v) is 3.33. The Hall–Kier alpha value is -1.30. The van der Waals surface area contributed by atoms with Gasteiger partial charge >= 0.3 is 6.09 Å². The summed E-state index contributed by atoms with van der Waals surface area (Å²) in [6.45, 7) is 7.07. The summed E-state index contributed by atoms with van der Waals surface area (Å²) in [4.78, 5) is 13.8. The molecule has 5 nitrogen and oxygen atoms in total. The van der Waals surface area contributed by atoms with Crippen LogP contribution in [0.5, 0.6) is 0 Å². The number of ether oxygens (including phenoxy) is 1. The van der Waals surface area contributed by atoms with Crippen molar-refractivity contribution in [2.75, 3.05) is 20.1 Å². The molecule has 6 heteroatoms. The van der Waals surface area contributed by atoms with Crippen LogP contribution in [0.15, 0.2) is 24.3 Å². The van der Waals surface area contributed by atoms with Gasteiger partial charge in [0.1, 0.15) is 5.60 Å². The zero-order chi connectivity index (χ0) is 16.8. The zero-order valence-electron chi connectivity index (χ0n) is 13.7. The van der Waals surface area contributed by atoms with Gasteiger partial charge in [0.15, 0.2) is 0 Å².